The van der Waals surface area contributed by atoms with E-state index in [9.17, 15) is 4.79 Å². The third-order valence-electron chi connectivity index (χ3n) is 3.24. The highest BCUT2D eigenvalue weighted by atomic mass is 16.3. The van der Waals surface area contributed by atoms with Gasteiger partial charge in [-0.1, -0.05) is 12.1 Å². The molecule has 0 aliphatic carbocycles. The van der Waals surface area contributed by atoms with E-state index >= 15 is 0 Å². The molecule has 1 amide bonds. The zero-order chi connectivity index (χ0) is 14.7. The van der Waals surface area contributed by atoms with Crippen molar-refractivity contribution in [2.45, 2.75) is 0 Å². The minimum Gasteiger partial charge on any atom is -0.395 e. The average Bonchev–Trinajstić information content (AvgIpc) is 3.00. The Hall–Kier alpha value is -2.66. The Kier molecular flexibility index (Phi) is 3.66. The maximum absolute atomic E-state index is 11.9. The van der Waals surface area contributed by atoms with Crippen LogP contribution in [0.3, 0.4) is 0 Å². The SMILES string of the molecule is O=C(NCCO)c1cccc(-c2ccc3nccn3c2)c1. The molecule has 0 fully saturated rings. The van der Waals surface area contributed by atoms with E-state index in [0.29, 0.717) is 5.56 Å². The van der Waals surface area contributed by atoms with Crippen LogP contribution in [-0.2, 0) is 0 Å². The average molecular weight is 281 g/mol. The van der Waals surface area contributed by atoms with Crippen molar-refractivity contribution in [2.75, 3.05) is 13.2 Å². The van der Waals surface area contributed by atoms with Crippen molar-refractivity contribution in [3.8, 4) is 11.1 Å². The van der Waals surface area contributed by atoms with Crippen molar-refractivity contribution in [1.82, 2.24) is 14.7 Å². The van der Waals surface area contributed by atoms with Crippen LogP contribution in [0, 0.1) is 0 Å². The maximum atomic E-state index is 11.9. The van der Waals surface area contributed by atoms with E-state index in [1.165, 1.54) is 0 Å². The number of hydrogen-bond acceptors (Lipinski definition) is 3. The quantitative estimate of drug-likeness (QED) is 0.765. The number of amides is 1. The third kappa shape index (κ3) is 2.78. The van der Waals surface area contributed by atoms with Crippen molar-refractivity contribution in [3.05, 3.63) is 60.6 Å². The normalized spacial score (nSPS) is 10.7. The minimum absolute atomic E-state index is 0.0667. The highest BCUT2D eigenvalue weighted by Crippen LogP contribution is 2.21. The first-order valence-corrected chi connectivity index (χ1v) is 6.70. The number of imidazole rings is 1. The smallest absolute Gasteiger partial charge is 0.251 e. The second-order valence-electron chi connectivity index (χ2n) is 4.67. The number of aliphatic hydroxyl groups is 1. The molecule has 0 saturated heterocycles. The monoisotopic (exact) mass is 281 g/mol. The summed E-state index contributed by atoms with van der Waals surface area (Å²) in [4.78, 5) is 16.1. The van der Waals surface area contributed by atoms with Gasteiger partial charge < -0.3 is 14.8 Å². The fourth-order valence-electron chi connectivity index (χ4n) is 2.20. The molecule has 2 N–H and O–H groups in total. The Labute approximate surface area is 121 Å². The molecule has 21 heavy (non-hydrogen) atoms. The number of benzene rings is 1. The predicted molar refractivity (Wildman–Crippen MR) is 80.0 cm³/mol. The lowest BCUT2D eigenvalue weighted by Gasteiger charge is -2.07. The van der Waals surface area contributed by atoms with Gasteiger partial charge in [-0.05, 0) is 35.4 Å². The first kappa shape index (κ1) is 13.3. The molecule has 0 radical (unpaired) electrons. The van der Waals surface area contributed by atoms with Gasteiger partial charge in [0, 0.05) is 30.7 Å². The van der Waals surface area contributed by atoms with Crippen molar-refractivity contribution < 1.29 is 9.90 Å². The Morgan fingerprint density at radius 3 is 3.00 bits per heavy atom. The second kappa shape index (κ2) is 5.76. The topological polar surface area (TPSA) is 66.6 Å². The van der Waals surface area contributed by atoms with E-state index in [1.54, 1.807) is 12.3 Å². The van der Waals surface area contributed by atoms with Crippen LogP contribution in [0.1, 0.15) is 10.4 Å². The predicted octanol–water partition coefficient (Wildman–Crippen LogP) is 1.72. The number of rotatable bonds is 4. The van der Waals surface area contributed by atoms with Gasteiger partial charge in [0.2, 0.25) is 0 Å². The van der Waals surface area contributed by atoms with E-state index in [0.717, 1.165) is 16.8 Å². The van der Waals surface area contributed by atoms with E-state index in [4.69, 9.17) is 5.11 Å². The van der Waals surface area contributed by atoms with E-state index in [-0.39, 0.29) is 19.1 Å². The number of carbonyl (C=O) groups excluding carboxylic acids is 1. The molecule has 5 nitrogen and oxygen atoms in total. The van der Waals surface area contributed by atoms with Gasteiger partial charge in [0.05, 0.1) is 6.61 Å². The molecule has 0 aliphatic rings. The molecule has 0 spiro atoms. The summed E-state index contributed by atoms with van der Waals surface area (Å²) in [6.45, 7) is 0.187. The molecule has 0 aliphatic heterocycles. The van der Waals surface area contributed by atoms with Crippen LogP contribution in [0.25, 0.3) is 16.8 Å². The molecule has 0 unspecified atom stereocenters. The largest absolute Gasteiger partial charge is 0.395 e. The van der Waals surface area contributed by atoms with Crippen LogP contribution < -0.4 is 5.32 Å². The van der Waals surface area contributed by atoms with Gasteiger partial charge in [-0.15, -0.1) is 0 Å². The van der Waals surface area contributed by atoms with Crippen LogP contribution in [0.15, 0.2) is 55.0 Å². The highest BCUT2D eigenvalue weighted by molar-refractivity contribution is 5.95. The van der Waals surface area contributed by atoms with Crippen LogP contribution >= 0.6 is 0 Å². The number of nitrogens with one attached hydrogen (secondary N) is 1. The summed E-state index contributed by atoms with van der Waals surface area (Å²) in [5.74, 6) is -0.186. The number of hydrogen-bond donors (Lipinski definition) is 2. The molecule has 1 aromatic carbocycles. The first-order valence-electron chi connectivity index (χ1n) is 6.70. The Balaban J connectivity index is 1.93. The Morgan fingerprint density at radius 1 is 1.24 bits per heavy atom. The molecule has 0 atom stereocenters. The van der Waals surface area contributed by atoms with Crippen LogP contribution in [0.2, 0.25) is 0 Å². The summed E-state index contributed by atoms with van der Waals surface area (Å²) in [6, 6.07) is 11.3. The van der Waals surface area contributed by atoms with Gasteiger partial charge in [0.25, 0.3) is 5.91 Å². The lowest BCUT2D eigenvalue weighted by atomic mass is 10.0. The summed E-state index contributed by atoms with van der Waals surface area (Å²) >= 11 is 0. The molecule has 2 aromatic heterocycles. The van der Waals surface area contributed by atoms with Gasteiger partial charge in [-0.25, -0.2) is 4.98 Å². The molecule has 5 heteroatoms. The summed E-state index contributed by atoms with van der Waals surface area (Å²) < 4.78 is 1.94. The fourth-order valence-corrected chi connectivity index (χ4v) is 2.20. The van der Waals surface area contributed by atoms with Crippen LogP contribution in [0.4, 0.5) is 0 Å². The summed E-state index contributed by atoms with van der Waals surface area (Å²) in [5.41, 5.74) is 3.43. The van der Waals surface area contributed by atoms with Crippen molar-refractivity contribution in [3.63, 3.8) is 0 Å². The van der Waals surface area contributed by atoms with Crippen LogP contribution in [0.5, 0.6) is 0 Å². The molecular weight excluding hydrogens is 266 g/mol. The second-order valence-corrected chi connectivity index (χ2v) is 4.67. The number of carbonyl (C=O) groups is 1. The Morgan fingerprint density at radius 2 is 2.14 bits per heavy atom. The lowest BCUT2D eigenvalue weighted by Crippen LogP contribution is -2.26. The third-order valence-corrected chi connectivity index (χ3v) is 3.24. The van der Waals surface area contributed by atoms with Crippen molar-refractivity contribution in [1.29, 1.82) is 0 Å². The molecule has 0 saturated carbocycles. The fraction of sp³-hybridized carbons (Fsp3) is 0.125. The number of nitrogens with zero attached hydrogens (tertiary/aromatic N) is 2. The standard InChI is InChI=1S/C16H15N3O2/c20-9-7-18-16(21)13-3-1-2-12(10-13)14-4-5-15-17-6-8-19(15)11-14/h1-6,8,10-11,20H,7,9H2,(H,18,21). The van der Waals surface area contributed by atoms with Gasteiger partial charge in [0.15, 0.2) is 0 Å². The number of pyridine rings is 1. The van der Waals surface area contributed by atoms with Crippen LogP contribution in [-0.4, -0.2) is 33.6 Å². The molecule has 3 rings (SSSR count). The molecule has 2 heterocycles. The van der Waals surface area contributed by atoms with E-state index in [2.05, 4.69) is 10.3 Å². The number of aliphatic hydroxyl groups excluding tert-OH is 1. The van der Waals surface area contributed by atoms with E-state index in [1.807, 2.05) is 47.1 Å². The van der Waals surface area contributed by atoms with Gasteiger partial charge in [0.1, 0.15) is 5.65 Å². The van der Waals surface area contributed by atoms with Crippen molar-refractivity contribution >= 4 is 11.6 Å². The minimum atomic E-state index is -0.186. The highest BCUT2D eigenvalue weighted by Gasteiger charge is 2.07. The summed E-state index contributed by atoms with van der Waals surface area (Å²) in [6.07, 6.45) is 5.61. The summed E-state index contributed by atoms with van der Waals surface area (Å²) in [5, 5.41) is 11.4. The summed E-state index contributed by atoms with van der Waals surface area (Å²) in [7, 11) is 0. The molecule has 106 valence electrons. The number of fused-ring (bicyclic) bond motifs is 1. The Bertz CT molecular complexity index is 780. The maximum Gasteiger partial charge on any atom is 0.251 e. The zero-order valence-electron chi connectivity index (χ0n) is 11.4. The molecule has 0 bridgehead atoms. The molecular formula is C16H15N3O2. The zero-order valence-corrected chi connectivity index (χ0v) is 11.4. The van der Waals surface area contributed by atoms with Gasteiger partial charge in [-0.2, -0.15) is 0 Å². The van der Waals surface area contributed by atoms with Gasteiger partial charge in [-0.3, -0.25) is 4.79 Å². The lowest BCUT2D eigenvalue weighted by molar-refractivity contribution is 0.0945. The van der Waals surface area contributed by atoms with E-state index < -0.39 is 0 Å². The van der Waals surface area contributed by atoms with Gasteiger partial charge >= 0.3 is 0 Å². The molecule has 3 aromatic rings. The first-order chi connectivity index (χ1) is 10.3. The number of aromatic nitrogens is 2. The van der Waals surface area contributed by atoms with Crippen molar-refractivity contribution in [2.24, 2.45) is 0 Å².